The van der Waals surface area contributed by atoms with E-state index in [0.29, 0.717) is 11.5 Å². The van der Waals surface area contributed by atoms with Gasteiger partial charge >= 0.3 is 5.97 Å². The molecule has 0 aliphatic heterocycles. The van der Waals surface area contributed by atoms with Gasteiger partial charge in [-0.1, -0.05) is 42.1 Å². The van der Waals surface area contributed by atoms with Crippen LogP contribution in [0.4, 0.5) is 0 Å². The molecule has 0 bridgehead atoms. The molecule has 0 unspecified atom stereocenters. The van der Waals surface area contributed by atoms with Crippen LogP contribution < -0.4 is 0 Å². The summed E-state index contributed by atoms with van der Waals surface area (Å²) in [5.74, 6) is 1.94. The number of rotatable bonds is 7. The summed E-state index contributed by atoms with van der Waals surface area (Å²) in [5, 5.41) is 9.47. The highest BCUT2D eigenvalue weighted by Gasteiger charge is 2.15. The monoisotopic (exact) mass is 357 g/mol. The Morgan fingerprint density at radius 1 is 1.20 bits per heavy atom. The number of carbonyl (C=O) groups excluding carboxylic acids is 1. The first-order valence-electron chi connectivity index (χ1n) is 7.97. The Balaban J connectivity index is 1.68. The summed E-state index contributed by atoms with van der Waals surface area (Å²) in [7, 11) is 1.33. The summed E-state index contributed by atoms with van der Waals surface area (Å²) in [5.41, 5.74) is 1.20. The van der Waals surface area contributed by atoms with Gasteiger partial charge in [0, 0.05) is 13.0 Å². The maximum atomic E-state index is 11.4. The van der Waals surface area contributed by atoms with Crippen molar-refractivity contribution in [2.24, 2.45) is 0 Å². The molecule has 0 fully saturated rings. The van der Waals surface area contributed by atoms with Crippen LogP contribution in [0.1, 0.15) is 34.6 Å². The predicted octanol–water partition coefficient (Wildman–Crippen LogP) is 3.56. The maximum absolute atomic E-state index is 11.4. The van der Waals surface area contributed by atoms with Crippen LogP contribution >= 0.6 is 11.8 Å². The Morgan fingerprint density at radius 2 is 2.00 bits per heavy atom. The van der Waals surface area contributed by atoms with Gasteiger partial charge in [-0.25, -0.2) is 4.79 Å². The van der Waals surface area contributed by atoms with Crippen LogP contribution in [0.3, 0.4) is 0 Å². The number of furan rings is 1. The minimum absolute atomic E-state index is 0.208. The first-order valence-corrected chi connectivity index (χ1v) is 8.95. The SMILES string of the molecule is CCn1c(Cc2ccccc2)nnc1SCc1ccc(C(=O)OC)o1. The Labute approximate surface area is 150 Å². The number of aromatic nitrogens is 3. The molecule has 0 atom stereocenters. The summed E-state index contributed by atoms with van der Waals surface area (Å²) in [4.78, 5) is 11.4. The molecule has 2 heterocycles. The quantitative estimate of drug-likeness (QED) is 0.476. The second-order valence-electron chi connectivity index (χ2n) is 5.35. The van der Waals surface area contributed by atoms with Crippen molar-refractivity contribution in [1.29, 1.82) is 0 Å². The van der Waals surface area contributed by atoms with Crippen molar-refractivity contribution in [2.75, 3.05) is 7.11 Å². The second kappa shape index (κ2) is 8.02. The van der Waals surface area contributed by atoms with Crippen LogP contribution in [0.15, 0.2) is 52.0 Å². The molecule has 25 heavy (non-hydrogen) atoms. The Kier molecular flexibility index (Phi) is 5.55. The molecule has 3 rings (SSSR count). The number of benzene rings is 1. The van der Waals surface area contributed by atoms with Crippen molar-refractivity contribution < 1.29 is 13.9 Å². The standard InChI is InChI=1S/C18H19N3O3S/c1-3-21-16(11-13-7-5-4-6-8-13)19-20-18(21)25-12-14-9-10-15(24-14)17(22)23-2/h4-10H,3,11-12H2,1-2H3. The van der Waals surface area contributed by atoms with Crippen LogP contribution in [0, 0.1) is 0 Å². The van der Waals surface area contributed by atoms with E-state index in [4.69, 9.17) is 4.42 Å². The molecule has 2 aromatic heterocycles. The van der Waals surface area contributed by atoms with E-state index in [1.54, 1.807) is 12.1 Å². The van der Waals surface area contributed by atoms with E-state index >= 15 is 0 Å². The fourth-order valence-electron chi connectivity index (χ4n) is 2.45. The molecule has 3 aromatic rings. The predicted molar refractivity (Wildman–Crippen MR) is 94.6 cm³/mol. The van der Waals surface area contributed by atoms with Gasteiger partial charge < -0.3 is 13.7 Å². The first kappa shape index (κ1) is 17.3. The molecule has 0 saturated heterocycles. The van der Waals surface area contributed by atoms with Gasteiger partial charge in [0.2, 0.25) is 5.76 Å². The molecule has 0 amide bonds. The highest BCUT2D eigenvalue weighted by atomic mass is 32.2. The van der Waals surface area contributed by atoms with E-state index in [-0.39, 0.29) is 5.76 Å². The highest BCUT2D eigenvalue weighted by Crippen LogP contribution is 2.24. The zero-order valence-electron chi connectivity index (χ0n) is 14.1. The topological polar surface area (TPSA) is 70.2 Å². The van der Waals surface area contributed by atoms with Crippen molar-refractivity contribution >= 4 is 17.7 Å². The average Bonchev–Trinajstić information content (AvgIpc) is 3.27. The zero-order valence-corrected chi connectivity index (χ0v) is 15.0. The molecule has 0 saturated carbocycles. The van der Waals surface area contributed by atoms with Gasteiger partial charge in [-0.3, -0.25) is 0 Å². The number of methoxy groups -OCH3 is 1. The largest absolute Gasteiger partial charge is 0.463 e. The number of ether oxygens (including phenoxy) is 1. The molecule has 130 valence electrons. The first-order chi connectivity index (χ1) is 12.2. The fraction of sp³-hybridized carbons (Fsp3) is 0.278. The number of nitrogens with zero attached hydrogens (tertiary/aromatic N) is 3. The number of thioether (sulfide) groups is 1. The summed E-state index contributed by atoms with van der Waals surface area (Å²) < 4.78 is 12.2. The van der Waals surface area contributed by atoms with E-state index in [1.165, 1.54) is 24.4 Å². The highest BCUT2D eigenvalue weighted by molar-refractivity contribution is 7.98. The van der Waals surface area contributed by atoms with Crippen molar-refractivity contribution in [3.63, 3.8) is 0 Å². The van der Waals surface area contributed by atoms with E-state index in [9.17, 15) is 4.79 Å². The molecule has 7 heteroatoms. The third-order valence-electron chi connectivity index (χ3n) is 3.71. The third kappa shape index (κ3) is 4.11. The Hall–Kier alpha value is -2.54. The van der Waals surface area contributed by atoms with Crippen molar-refractivity contribution in [1.82, 2.24) is 14.8 Å². The third-order valence-corrected chi connectivity index (χ3v) is 4.70. The van der Waals surface area contributed by atoms with Crippen molar-refractivity contribution in [3.05, 3.63) is 65.4 Å². The van der Waals surface area contributed by atoms with Gasteiger partial charge in [-0.05, 0) is 24.6 Å². The molecular weight excluding hydrogens is 338 g/mol. The van der Waals surface area contributed by atoms with Crippen LogP contribution in [0.2, 0.25) is 0 Å². The molecule has 0 N–H and O–H groups in total. The van der Waals surface area contributed by atoms with Crippen LogP contribution in [-0.4, -0.2) is 27.8 Å². The molecule has 0 aliphatic rings. The normalized spacial score (nSPS) is 10.8. The molecule has 0 spiro atoms. The van der Waals surface area contributed by atoms with E-state index in [0.717, 1.165) is 23.9 Å². The number of esters is 1. The van der Waals surface area contributed by atoms with Gasteiger partial charge in [0.25, 0.3) is 0 Å². The fourth-order valence-corrected chi connectivity index (χ4v) is 3.37. The molecular formula is C18H19N3O3S. The zero-order chi connectivity index (χ0) is 17.6. The Bertz CT molecular complexity index is 842. The van der Waals surface area contributed by atoms with Gasteiger partial charge in [0.1, 0.15) is 11.6 Å². The average molecular weight is 357 g/mol. The minimum Gasteiger partial charge on any atom is -0.463 e. The number of hydrogen-bond donors (Lipinski definition) is 0. The van der Waals surface area contributed by atoms with Crippen molar-refractivity contribution in [3.8, 4) is 0 Å². The second-order valence-corrected chi connectivity index (χ2v) is 6.29. The smallest absolute Gasteiger partial charge is 0.373 e. The minimum atomic E-state index is -0.474. The van der Waals surface area contributed by atoms with Gasteiger partial charge in [-0.2, -0.15) is 0 Å². The maximum Gasteiger partial charge on any atom is 0.373 e. The molecule has 0 aliphatic carbocycles. The molecule has 1 aromatic carbocycles. The van der Waals surface area contributed by atoms with Crippen LogP contribution in [0.25, 0.3) is 0 Å². The van der Waals surface area contributed by atoms with E-state index in [2.05, 4.69) is 38.6 Å². The lowest BCUT2D eigenvalue weighted by Gasteiger charge is -2.06. The lowest BCUT2D eigenvalue weighted by molar-refractivity contribution is 0.0563. The summed E-state index contributed by atoms with van der Waals surface area (Å²) in [6.45, 7) is 2.87. The van der Waals surface area contributed by atoms with Gasteiger partial charge in [0.15, 0.2) is 5.16 Å². The lowest BCUT2D eigenvalue weighted by Crippen LogP contribution is -2.04. The summed E-state index contributed by atoms with van der Waals surface area (Å²) in [6.07, 6.45) is 0.746. The lowest BCUT2D eigenvalue weighted by atomic mass is 10.1. The van der Waals surface area contributed by atoms with Crippen molar-refractivity contribution in [2.45, 2.75) is 30.8 Å². The summed E-state index contributed by atoms with van der Waals surface area (Å²) in [6, 6.07) is 13.6. The van der Waals surface area contributed by atoms with E-state index < -0.39 is 5.97 Å². The van der Waals surface area contributed by atoms with Crippen LogP contribution in [-0.2, 0) is 23.5 Å². The molecule has 0 radical (unpaired) electrons. The molecule has 6 nitrogen and oxygen atoms in total. The van der Waals surface area contributed by atoms with Gasteiger partial charge in [-0.15, -0.1) is 10.2 Å². The number of hydrogen-bond acceptors (Lipinski definition) is 6. The van der Waals surface area contributed by atoms with Gasteiger partial charge in [0.05, 0.1) is 12.9 Å². The Morgan fingerprint density at radius 3 is 2.72 bits per heavy atom. The number of carbonyl (C=O) groups is 1. The summed E-state index contributed by atoms with van der Waals surface area (Å²) >= 11 is 1.53. The van der Waals surface area contributed by atoms with E-state index in [1.807, 2.05) is 18.2 Å². The van der Waals surface area contributed by atoms with Crippen LogP contribution in [0.5, 0.6) is 0 Å².